The van der Waals surface area contributed by atoms with E-state index < -0.39 is 5.97 Å². The molecule has 0 saturated heterocycles. The van der Waals surface area contributed by atoms with Gasteiger partial charge in [-0.25, -0.2) is 4.79 Å². The summed E-state index contributed by atoms with van der Waals surface area (Å²) in [5.74, 6) is -0.599. The Labute approximate surface area is 179 Å². The van der Waals surface area contributed by atoms with Crippen LogP contribution in [0.2, 0.25) is 0 Å². The molecule has 0 saturated carbocycles. The van der Waals surface area contributed by atoms with Crippen LogP contribution >= 0.6 is 0 Å². The first-order valence-electron chi connectivity index (χ1n) is 7.69. The van der Waals surface area contributed by atoms with E-state index in [1.54, 1.807) is 18.2 Å². The van der Waals surface area contributed by atoms with E-state index in [0.29, 0.717) is 5.56 Å². The largest absolute Gasteiger partial charge is 1.00 e. The molecule has 0 aliphatic carbocycles. The van der Waals surface area contributed by atoms with Crippen LogP contribution in [0, 0.1) is 0 Å². The fourth-order valence-electron chi connectivity index (χ4n) is 2.44. The van der Waals surface area contributed by atoms with Crippen LogP contribution in [0.3, 0.4) is 0 Å². The Kier molecular flexibility index (Phi) is 7.18. The van der Waals surface area contributed by atoms with Crippen LogP contribution in [0.1, 0.15) is 11.8 Å². The van der Waals surface area contributed by atoms with E-state index in [1.165, 1.54) is 20.3 Å². The molecule has 8 heteroatoms. The molecule has 0 spiro atoms. The van der Waals surface area contributed by atoms with Gasteiger partial charge < -0.3 is 20.7 Å². The van der Waals surface area contributed by atoms with E-state index in [9.17, 15) is 9.90 Å². The van der Waals surface area contributed by atoms with Gasteiger partial charge in [0.15, 0.2) is 0 Å². The minimum absolute atomic E-state index is 0. The number of aromatic carboxylic acids is 1. The van der Waals surface area contributed by atoms with Crippen LogP contribution in [0.5, 0.6) is 23.5 Å². The molecule has 1 N–H and O–H groups in total. The molecule has 134 valence electrons. The van der Waals surface area contributed by atoms with Gasteiger partial charge in [-0.2, -0.15) is 9.97 Å². The zero-order valence-electron chi connectivity index (χ0n) is 16.2. The molecule has 0 aliphatic rings. The Morgan fingerprint density at radius 1 is 0.963 bits per heavy atom. The zero-order chi connectivity index (χ0) is 18.5. The number of benzene rings is 2. The van der Waals surface area contributed by atoms with Crippen molar-refractivity contribution in [3.8, 4) is 34.6 Å². The molecular weight excluding hydrogens is 359 g/mol. The fourth-order valence-corrected chi connectivity index (χ4v) is 2.44. The second kappa shape index (κ2) is 9.36. The number of carboxylic acid groups (broad SMARTS) is 1. The number of ether oxygens (including phenoxy) is 3. The first-order valence-corrected chi connectivity index (χ1v) is 7.69. The van der Waals surface area contributed by atoms with Crippen LogP contribution in [0.15, 0.2) is 54.6 Å². The third-order valence-electron chi connectivity index (χ3n) is 3.59. The Bertz CT molecular complexity index is 919. The maximum atomic E-state index is 11.9. The van der Waals surface area contributed by atoms with Crippen LogP contribution in [-0.2, 0) is 0 Å². The maximum absolute atomic E-state index is 11.9. The smallest absolute Gasteiger partial charge is 1.00 e. The average Bonchev–Trinajstić information content (AvgIpc) is 2.68. The van der Waals surface area contributed by atoms with Gasteiger partial charge in [-0.3, -0.25) is 0 Å². The summed E-state index contributed by atoms with van der Waals surface area (Å²) in [7, 11) is 2.86. The van der Waals surface area contributed by atoms with Crippen molar-refractivity contribution in [1.82, 2.24) is 9.97 Å². The minimum atomic E-state index is -1.10. The Morgan fingerprint density at radius 3 is 2.30 bits per heavy atom. The number of rotatable bonds is 6. The summed E-state index contributed by atoms with van der Waals surface area (Å²) < 4.78 is 15.8. The second-order valence-electron chi connectivity index (χ2n) is 5.19. The fraction of sp³-hybridized carbons (Fsp3) is 0.105. The van der Waals surface area contributed by atoms with Crippen molar-refractivity contribution >= 4 is 5.97 Å². The van der Waals surface area contributed by atoms with Crippen molar-refractivity contribution in [1.29, 1.82) is 0 Å². The van der Waals surface area contributed by atoms with Gasteiger partial charge in [0.2, 0.25) is 11.8 Å². The van der Waals surface area contributed by atoms with E-state index >= 15 is 0 Å². The van der Waals surface area contributed by atoms with Crippen molar-refractivity contribution in [2.24, 2.45) is 0 Å². The molecular formula is C19H17N2NaO5. The molecule has 0 atom stereocenters. The summed E-state index contributed by atoms with van der Waals surface area (Å²) in [6.07, 6.45) is 0. The number of aromatic nitrogens is 2. The molecule has 7 nitrogen and oxygen atoms in total. The van der Waals surface area contributed by atoms with Crippen molar-refractivity contribution in [3.63, 3.8) is 0 Å². The first-order chi connectivity index (χ1) is 12.6. The number of carboxylic acids is 1. The van der Waals surface area contributed by atoms with Gasteiger partial charge in [0, 0.05) is 0 Å². The van der Waals surface area contributed by atoms with Crippen molar-refractivity contribution in [2.45, 2.75) is 0 Å². The maximum Gasteiger partial charge on any atom is 1.00 e. The number of hydrogen-bond donors (Lipinski definition) is 1. The predicted molar refractivity (Wildman–Crippen MR) is 95.2 cm³/mol. The standard InChI is InChI=1S/C19H16N2O5.Na.H/c1-24-15-11-16(21-19(20-15)25-2)26-14-10-6-9-13(17(14)18(22)23)12-7-4-3-5-8-12;;/h3-11H,1-2H3,(H,22,23);;/q;+1;-1. The number of methoxy groups -OCH3 is 2. The molecule has 2 aromatic carbocycles. The number of carbonyl (C=O) groups is 1. The average molecular weight is 376 g/mol. The molecule has 0 unspecified atom stereocenters. The normalized spacial score (nSPS) is 9.85. The topological polar surface area (TPSA) is 90.8 Å². The Balaban J connectivity index is 0.00000196. The number of nitrogens with zero attached hydrogens (tertiary/aromatic N) is 2. The van der Waals surface area contributed by atoms with Crippen molar-refractivity contribution in [3.05, 3.63) is 60.2 Å². The van der Waals surface area contributed by atoms with Gasteiger partial charge in [0.25, 0.3) is 0 Å². The second-order valence-corrected chi connectivity index (χ2v) is 5.19. The summed E-state index contributed by atoms with van der Waals surface area (Å²) >= 11 is 0. The van der Waals surface area contributed by atoms with E-state index in [0.717, 1.165) is 5.56 Å². The third-order valence-corrected chi connectivity index (χ3v) is 3.59. The first kappa shape index (κ1) is 20.7. The molecule has 27 heavy (non-hydrogen) atoms. The van der Waals surface area contributed by atoms with Crippen molar-refractivity contribution < 1.29 is 55.1 Å². The minimum Gasteiger partial charge on any atom is -1.00 e. The summed E-state index contributed by atoms with van der Waals surface area (Å²) in [6.45, 7) is 0. The quantitative estimate of drug-likeness (QED) is 0.636. The van der Waals surface area contributed by atoms with E-state index in [2.05, 4.69) is 9.97 Å². The SMILES string of the molecule is COc1cc(Oc2cccc(-c3ccccc3)c2C(=O)O)nc(OC)n1.[H-].[Na+]. The van der Waals surface area contributed by atoms with E-state index in [-0.39, 0.29) is 60.1 Å². The van der Waals surface area contributed by atoms with Crippen LogP contribution in [-0.4, -0.2) is 35.3 Å². The van der Waals surface area contributed by atoms with Gasteiger partial charge in [0.1, 0.15) is 11.3 Å². The predicted octanol–water partition coefficient (Wildman–Crippen LogP) is 0.768. The molecule has 3 rings (SSSR count). The van der Waals surface area contributed by atoms with Gasteiger partial charge >= 0.3 is 41.5 Å². The monoisotopic (exact) mass is 376 g/mol. The summed E-state index contributed by atoms with van der Waals surface area (Å²) in [6, 6.07) is 15.7. The summed E-state index contributed by atoms with van der Waals surface area (Å²) in [5, 5.41) is 9.73. The summed E-state index contributed by atoms with van der Waals surface area (Å²) in [4.78, 5) is 19.9. The number of hydrogen-bond acceptors (Lipinski definition) is 6. The third kappa shape index (κ3) is 4.77. The van der Waals surface area contributed by atoms with Crippen LogP contribution in [0.25, 0.3) is 11.1 Å². The molecule has 0 aliphatic heterocycles. The van der Waals surface area contributed by atoms with E-state index in [4.69, 9.17) is 14.2 Å². The molecule has 1 aromatic heterocycles. The van der Waals surface area contributed by atoms with Crippen molar-refractivity contribution in [2.75, 3.05) is 14.2 Å². The van der Waals surface area contributed by atoms with Gasteiger partial charge in [-0.1, -0.05) is 42.5 Å². The van der Waals surface area contributed by atoms with Gasteiger partial charge in [0.05, 0.1) is 20.3 Å². The Morgan fingerprint density at radius 2 is 1.67 bits per heavy atom. The van der Waals surface area contributed by atoms with Crippen LogP contribution < -0.4 is 43.8 Å². The molecule has 0 fully saturated rings. The van der Waals surface area contributed by atoms with Crippen LogP contribution in [0.4, 0.5) is 0 Å². The van der Waals surface area contributed by atoms with Gasteiger partial charge in [-0.15, -0.1) is 0 Å². The van der Waals surface area contributed by atoms with E-state index in [1.807, 2.05) is 30.3 Å². The zero-order valence-corrected chi connectivity index (χ0v) is 17.2. The summed E-state index contributed by atoms with van der Waals surface area (Å²) in [5.41, 5.74) is 1.35. The molecule has 0 radical (unpaired) electrons. The van der Waals surface area contributed by atoms with Gasteiger partial charge in [-0.05, 0) is 17.2 Å². The molecule has 3 aromatic rings. The Hall–Kier alpha value is -2.61. The molecule has 0 bridgehead atoms. The molecule has 1 heterocycles. The molecule has 0 amide bonds.